The molecule has 1 rings (SSSR count). The van der Waals surface area contributed by atoms with E-state index >= 15 is 0 Å². The van der Waals surface area contributed by atoms with Gasteiger partial charge in [-0.2, -0.15) is 0 Å². The van der Waals surface area contributed by atoms with Crippen LogP contribution in [0.2, 0.25) is 0 Å². The van der Waals surface area contributed by atoms with Crippen molar-refractivity contribution in [2.45, 2.75) is 50.2 Å². The first kappa shape index (κ1) is 19.4. The summed E-state index contributed by atoms with van der Waals surface area (Å²) >= 11 is 3.11. The molecule has 0 amide bonds. The number of carbonyl (C=O) groups excluding carboxylic acids is 4. The SMILES string of the molecule is COC(=O)[C@H]1O[C@@H](Br)[C@@H](OC(C)=O)[C@H](OC(C)=O)[C@@H]1OC(C)=O. The van der Waals surface area contributed by atoms with Gasteiger partial charge in [0.15, 0.2) is 29.4 Å². The smallest absolute Gasteiger partial charge is 0.339 e. The van der Waals surface area contributed by atoms with Crippen LogP contribution in [0.25, 0.3) is 0 Å². The summed E-state index contributed by atoms with van der Waals surface area (Å²) in [6.07, 6.45) is -5.06. The van der Waals surface area contributed by atoms with Gasteiger partial charge in [0.2, 0.25) is 0 Å². The molecule has 0 N–H and O–H groups in total. The fourth-order valence-corrected chi connectivity index (χ4v) is 2.71. The molecule has 23 heavy (non-hydrogen) atoms. The Morgan fingerprint density at radius 3 is 1.70 bits per heavy atom. The molecule has 1 aliphatic heterocycles. The number of alkyl halides is 1. The van der Waals surface area contributed by atoms with Gasteiger partial charge in [0, 0.05) is 20.8 Å². The molecule has 0 aliphatic carbocycles. The summed E-state index contributed by atoms with van der Waals surface area (Å²) in [5.74, 6) is -2.95. The van der Waals surface area contributed by atoms with E-state index in [1.54, 1.807) is 0 Å². The molecule has 5 atom stereocenters. The molecule has 0 unspecified atom stereocenters. The Morgan fingerprint density at radius 2 is 1.26 bits per heavy atom. The van der Waals surface area contributed by atoms with E-state index in [2.05, 4.69) is 20.7 Å². The van der Waals surface area contributed by atoms with Gasteiger partial charge in [0.25, 0.3) is 0 Å². The molecular formula is C13H17BrO9. The first-order valence-corrected chi connectivity index (χ1v) is 7.48. The lowest BCUT2D eigenvalue weighted by atomic mass is 9.99. The second kappa shape index (κ2) is 8.25. The highest BCUT2D eigenvalue weighted by molar-refractivity contribution is 9.09. The molecule has 1 aliphatic rings. The minimum atomic E-state index is -1.36. The van der Waals surface area contributed by atoms with E-state index in [9.17, 15) is 19.2 Å². The minimum Gasteiger partial charge on any atom is -0.467 e. The van der Waals surface area contributed by atoms with Crippen LogP contribution in [0.4, 0.5) is 0 Å². The number of halogens is 1. The Morgan fingerprint density at radius 1 is 0.826 bits per heavy atom. The third-order valence-corrected chi connectivity index (χ3v) is 3.56. The maximum Gasteiger partial charge on any atom is 0.339 e. The van der Waals surface area contributed by atoms with E-state index in [0.717, 1.165) is 27.9 Å². The lowest BCUT2D eigenvalue weighted by molar-refractivity contribution is -0.234. The molecule has 0 bridgehead atoms. The summed E-state index contributed by atoms with van der Waals surface area (Å²) in [5.41, 5.74) is 0. The van der Waals surface area contributed by atoms with Crippen molar-refractivity contribution in [1.82, 2.24) is 0 Å². The van der Waals surface area contributed by atoms with Gasteiger partial charge in [-0.3, -0.25) is 14.4 Å². The highest BCUT2D eigenvalue weighted by Gasteiger charge is 2.53. The Labute approximate surface area is 140 Å². The fourth-order valence-electron chi connectivity index (χ4n) is 2.07. The Balaban J connectivity index is 3.21. The zero-order chi connectivity index (χ0) is 17.7. The van der Waals surface area contributed by atoms with E-state index in [1.807, 2.05) is 0 Å². The highest BCUT2D eigenvalue weighted by Crippen LogP contribution is 2.31. The number of hydrogen-bond acceptors (Lipinski definition) is 9. The van der Waals surface area contributed by atoms with Crippen LogP contribution in [0.5, 0.6) is 0 Å². The van der Waals surface area contributed by atoms with E-state index < -0.39 is 53.3 Å². The van der Waals surface area contributed by atoms with Crippen molar-refractivity contribution < 1.29 is 42.9 Å². The zero-order valence-corrected chi connectivity index (χ0v) is 14.5. The largest absolute Gasteiger partial charge is 0.467 e. The Hall–Kier alpha value is -1.68. The van der Waals surface area contributed by atoms with E-state index in [1.165, 1.54) is 0 Å². The van der Waals surface area contributed by atoms with E-state index in [0.29, 0.717) is 0 Å². The van der Waals surface area contributed by atoms with Gasteiger partial charge in [-0.1, -0.05) is 15.9 Å². The van der Waals surface area contributed by atoms with Crippen LogP contribution in [-0.4, -0.2) is 60.4 Å². The molecule has 0 aromatic carbocycles. The van der Waals surface area contributed by atoms with Crippen molar-refractivity contribution >= 4 is 39.8 Å². The molecule has 0 aromatic rings. The second-order valence-corrected chi connectivity index (χ2v) is 5.56. The van der Waals surface area contributed by atoms with Gasteiger partial charge in [0.05, 0.1) is 7.11 Å². The third kappa shape index (κ3) is 5.17. The number of carbonyl (C=O) groups is 4. The summed E-state index contributed by atoms with van der Waals surface area (Å²) in [6, 6.07) is 0. The maximum atomic E-state index is 11.9. The summed E-state index contributed by atoms with van der Waals surface area (Å²) in [6.45, 7) is 3.39. The summed E-state index contributed by atoms with van der Waals surface area (Å²) < 4.78 is 25.2. The molecule has 0 spiro atoms. The normalized spacial score (nSPS) is 30.0. The number of hydrogen-bond donors (Lipinski definition) is 0. The maximum absolute atomic E-state index is 11.9. The molecule has 1 fully saturated rings. The van der Waals surface area contributed by atoms with Crippen LogP contribution in [-0.2, 0) is 42.9 Å². The lowest BCUT2D eigenvalue weighted by Crippen LogP contribution is -2.61. The van der Waals surface area contributed by atoms with Crippen molar-refractivity contribution in [2.24, 2.45) is 0 Å². The molecule has 130 valence electrons. The van der Waals surface area contributed by atoms with Crippen LogP contribution in [0, 0.1) is 0 Å². The first-order valence-electron chi connectivity index (χ1n) is 6.56. The minimum absolute atomic E-state index is 0.668. The van der Waals surface area contributed by atoms with Gasteiger partial charge in [-0.05, 0) is 0 Å². The summed E-state index contributed by atoms with van der Waals surface area (Å²) in [5, 5.41) is -0.980. The van der Waals surface area contributed by atoms with Crippen molar-refractivity contribution in [2.75, 3.05) is 7.11 Å². The number of esters is 4. The van der Waals surface area contributed by atoms with Gasteiger partial charge in [0.1, 0.15) is 0 Å². The average Bonchev–Trinajstić information content (AvgIpc) is 2.43. The van der Waals surface area contributed by atoms with Crippen LogP contribution in [0.15, 0.2) is 0 Å². The summed E-state index contributed by atoms with van der Waals surface area (Å²) in [7, 11) is 1.12. The van der Waals surface area contributed by atoms with Gasteiger partial charge in [-0.15, -0.1) is 0 Å². The van der Waals surface area contributed by atoms with Crippen molar-refractivity contribution in [3.05, 3.63) is 0 Å². The predicted octanol–water partition coefficient (Wildman–Crippen LogP) is 0.0743. The molecule has 0 aromatic heterocycles. The number of methoxy groups -OCH3 is 1. The third-order valence-electron chi connectivity index (χ3n) is 2.82. The first-order chi connectivity index (χ1) is 10.7. The van der Waals surface area contributed by atoms with Crippen LogP contribution in [0.3, 0.4) is 0 Å². The van der Waals surface area contributed by atoms with Crippen LogP contribution < -0.4 is 0 Å². The molecular weight excluding hydrogens is 380 g/mol. The number of rotatable bonds is 4. The molecule has 0 radical (unpaired) electrons. The average molecular weight is 397 g/mol. The highest BCUT2D eigenvalue weighted by atomic mass is 79.9. The van der Waals surface area contributed by atoms with Gasteiger partial charge >= 0.3 is 23.9 Å². The van der Waals surface area contributed by atoms with Crippen molar-refractivity contribution in [3.63, 3.8) is 0 Å². The topological polar surface area (TPSA) is 114 Å². The summed E-state index contributed by atoms with van der Waals surface area (Å²) in [4.78, 5) is 45.8. The number of ether oxygens (including phenoxy) is 5. The van der Waals surface area contributed by atoms with Gasteiger partial charge in [-0.25, -0.2) is 4.79 Å². The molecule has 0 saturated carbocycles. The van der Waals surface area contributed by atoms with Crippen molar-refractivity contribution in [1.29, 1.82) is 0 Å². The lowest BCUT2D eigenvalue weighted by Gasteiger charge is -2.41. The monoisotopic (exact) mass is 396 g/mol. The quantitative estimate of drug-likeness (QED) is 0.369. The van der Waals surface area contributed by atoms with E-state index in [4.69, 9.17) is 18.9 Å². The van der Waals surface area contributed by atoms with Crippen molar-refractivity contribution in [3.8, 4) is 0 Å². The predicted molar refractivity (Wildman–Crippen MR) is 76.3 cm³/mol. The molecule has 9 nitrogen and oxygen atoms in total. The second-order valence-electron chi connectivity index (χ2n) is 4.65. The van der Waals surface area contributed by atoms with Crippen LogP contribution in [0.1, 0.15) is 20.8 Å². The fraction of sp³-hybridized carbons (Fsp3) is 0.692. The van der Waals surface area contributed by atoms with Gasteiger partial charge < -0.3 is 23.7 Å². The molecule has 10 heteroatoms. The standard InChI is InChI=1S/C13H17BrO9/c1-5(15)20-8-9(21-6(2)16)11(13(18)19-4)23-12(14)10(8)22-7(3)17/h8-12H,1-4H3/t8-,9+,10+,11+,12-/m1/s1. The Bertz CT molecular complexity index is 492. The van der Waals surface area contributed by atoms with E-state index in [-0.39, 0.29) is 0 Å². The van der Waals surface area contributed by atoms with Crippen LogP contribution >= 0.6 is 15.9 Å². The molecule has 1 saturated heterocycles. The zero-order valence-electron chi connectivity index (χ0n) is 12.9. The Kier molecular flexibility index (Phi) is 6.95. The molecule has 1 heterocycles.